The summed E-state index contributed by atoms with van der Waals surface area (Å²) in [6, 6.07) is 5.20. The molecule has 1 aromatic heterocycles. The van der Waals surface area contributed by atoms with Crippen molar-refractivity contribution in [3.63, 3.8) is 0 Å². The van der Waals surface area contributed by atoms with Gasteiger partial charge >= 0.3 is 5.92 Å². The second-order valence-electron chi connectivity index (χ2n) is 18.4. The van der Waals surface area contributed by atoms with Gasteiger partial charge in [-0.15, -0.1) is 0 Å². The number of amides is 7. The maximum Gasteiger partial charge on any atom is 0.342 e. The molecule has 8 rings (SSSR count). The Kier molecular flexibility index (Phi) is 17.2. The third-order valence-corrected chi connectivity index (χ3v) is 13.5. The number of halogens is 3. The zero-order valence-corrected chi connectivity index (χ0v) is 41.1. The van der Waals surface area contributed by atoms with E-state index < -0.39 is 72.3 Å². The van der Waals surface area contributed by atoms with Gasteiger partial charge in [0.15, 0.2) is 12.4 Å². The molecule has 3 aromatic rings. The SMILES string of the molecule is COc1cc(C(=O)NC2CCN(CCOCCOCCOCCNC(=O)COc3cccc4c3C(=O)N(C3CCC(=O)NC3=O)C4=O)CC2)c(F)cc1Nc1ncc2c(n1)N(C1CCCC1)CC(F)(F)C(=O)N2C. The van der Waals surface area contributed by atoms with Crippen LogP contribution in [0, 0.1) is 5.82 Å². The van der Waals surface area contributed by atoms with E-state index >= 15 is 13.2 Å². The van der Waals surface area contributed by atoms with Gasteiger partial charge in [0.25, 0.3) is 29.5 Å². The second kappa shape index (κ2) is 23.9. The fourth-order valence-electron chi connectivity index (χ4n) is 9.58. The Balaban J connectivity index is 0.677. The van der Waals surface area contributed by atoms with Crippen LogP contribution in [-0.4, -0.2) is 178 Å². The molecular weight excluding hydrogens is 978 g/mol. The van der Waals surface area contributed by atoms with Crippen molar-refractivity contribution >= 4 is 64.5 Å². The molecule has 1 aliphatic carbocycles. The largest absolute Gasteiger partial charge is 0.495 e. The number of benzene rings is 2. The van der Waals surface area contributed by atoms with Crippen molar-refractivity contribution in [3.8, 4) is 11.5 Å². The van der Waals surface area contributed by atoms with Gasteiger partial charge in [0.05, 0.1) is 81.9 Å². The van der Waals surface area contributed by atoms with Crippen molar-refractivity contribution in [1.82, 2.24) is 35.7 Å². The normalized spacial score (nSPS) is 19.3. The summed E-state index contributed by atoms with van der Waals surface area (Å²) < 4.78 is 73.6. The van der Waals surface area contributed by atoms with Gasteiger partial charge in [0.2, 0.25) is 17.8 Å². The number of nitrogens with one attached hydrogen (secondary N) is 4. The molecule has 398 valence electrons. The van der Waals surface area contributed by atoms with Crippen LogP contribution in [-0.2, 0) is 33.4 Å². The highest BCUT2D eigenvalue weighted by Gasteiger charge is 2.49. The van der Waals surface area contributed by atoms with E-state index in [0.717, 1.165) is 28.7 Å². The summed E-state index contributed by atoms with van der Waals surface area (Å²) in [5.41, 5.74) is 0.00495. The molecule has 74 heavy (non-hydrogen) atoms. The Hall–Kier alpha value is -6.96. The molecule has 1 saturated carbocycles. The minimum Gasteiger partial charge on any atom is -0.495 e. The monoisotopic (exact) mass is 1040 g/mol. The smallest absolute Gasteiger partial charge is 0.342 e. The predicted molar refractivity (Wildman–Crippen MR) is 257 cm³/mol. The fraction of sp³-hybridized carbons (Fsp3) is 0.531. The molecule has 5 heterocycles. The van der Waals surface area contributed by atoms with Crippen molar-refractivity contribution < 1.29 is 70.4 Å². The topological polar surface area (TPSA) is 252 Å². The molecule has 22 nitrogen and oxygen atoms in total. The fourth-order valence-corrected chi connectivity index (χ4v) is 9.58. The minimum absolute atomic E-state index is 0.00955. The first-order valence-corrected chi connectivity index (χ1v) is 24.6. The average Bonchev–Trinajstić information content (AvgIpc) is 4.01. The number of imide groups is 2. The van der Waals surface area contributed by atoms with Gasteiger partial charge in [-0.05, 0) is 50.3 Å². The number of hydrogen-bond acceptors (Lipinski definition) is 17. The van der Waals surface area contributed by atoms with E-state index in [2.05, 4.69) is 36.1 Å². The minimum atomic E-state index is -3.64. The summed E-state index contributed by atoms with van der Waals surface area (Å²) in [6.45, 7) is 2.93. The zero-order chi connectivity index (χ0) is 52.5. The van der Waals surface area contributed by atoms with Crippen LogP contribution in [0.25, 0.3) is 0 Å². The molecule has 7 amide bonds. The number of fused-ring (bicyclic) bond motifs is 2. The van der Waals surface area contributed by atoms with Gasteiger partial charge < -0.3 is 54.3 Å². The van der Waals surface area contributed by atoms with Gasteiger partial charge in [-0.1, -0.05) is 18.9 Å². The lowest BCUT2D eigenvalue weighted by Crippen LogP contribution is -2.54. The van der Waals surface area contributed by atoms with Crippen LogP contribution < -0.4 is 40.5 Å². The quantitative estimate of drug-likeness (QED) is 0.0834. The molecule has 1 atom stereocenters. The molecular formula is C49H59F3N10O12. The van der Waals surface area contributed by atoms with E-state index in [1.807, 2.05) is 0 Å². The lowest BCUT2D eigenvalue weighted by atomic mass is 10.0. The molecule has 0 bridgehead atoms. The van der Waals surface area contributed by atoms with E-state index in [9.17, 15) is 33.6 Å². The van der Waals surface area contributed by atoms with Gasteiger partial charge in [-0.3, -0.25) is 43.8 Å². The van der Waals surface area contributed by atoms with Gasteiger partial charge in [0.1, 0.15) is 29.0 Å². The van der Waals surface area contributed by atoms with Crippen LogP contribution in [0.2, 0.25) is 0 Å². The van der Waals surface area contributed by atoms with Crippen LogP contribution in [0.15, 0.2) is 36.5 Å². The van der Waals surface area contributed by atoms with Crippen molar-refractivity contribution in [1.29, 1.82) is 0 Å². The number of nitrogens with zero attached hydrogens (tertiary/aromatic N) is 6. The number of piperidine rings is 2. The molecule has 5 aliphatic rings. The average molecular weight is 1040 g/mol. The molecule has 25 heteroatoms. The standard InChI is InChI=1S/C49H59F3N10O12/c1-59-36-26-54-48(58-42(36)61(30-6-3-4-7-30)28-49(51,52)47(59)69)56-34-25-33(50)32(24-38(34)70-2)43(65)55-29-12-15-60(16-13-29)17-19-72-21-23-73-22-20-71-18-14-53-40(64)27-74-37-9-5-8-31-41(37)46(68)62(45(31)67)35-10-11-39(63)57-44(35)66/h5,8-9,24-26,29-30,35H,3-4,6-7,10-23,27-28H2,1-2H3,(H,53,64)(H,55,65)(H,54,56,58)(H,57,63,66). The van der Waals surface area contributed by atoms with E-state index in [1.165, 1.54) is 49.5 Å². The van der Waals surface area contributed by atoms with Gasteiger partial charge in [0, 0.05) is 57.8 Å². The predicted octanol–water partition coefficient (Wildman–Crippen LogP) is 2.57. The first-order chi connectivity index (χ1) is 35.6. The van der Waals surface area contributed by atoms with E-state index in [1.54, 1.807) is 0 Å². The number of anilines is 4. The molecule has 3 fully saturated rings. The van der Waals surface area contributed by atoms with Crippen molar-refractivity contribution in [2.75, 3.05) is 108 Å². The highest BCUT2D eigenvalue weighted by Crippen LogP contribution is 2.41. The summed E-state index contributed by atoms with van der Waals surface area (Å²) in [6.07, 6.45) is 5.64. The van der Waals surface area contributed by atoms with Crippen LogP contribution >= 0.6 is 0 Å². The lowest BCUT2D eigenvalue weighted by molar-refractivity contribution is -0.140. The van der Waals surface area contributed by atoms with Crippen LogP contribution in [0.5, 0.6) is 11.5 Å². The Labute approximate surface area is 423 Å². The number of hydrogen-bond donors (Lipinski definition) is 4. The Morgan fingerprint density at radius 2 is 1.61 bits per heavy atom. The second-order valence-corrected chi connectivity index (χ2v) is 18.4. The Morgan fingerprint density at radius 3 is 2.32 bits per heavy atom. The maximum absolute atomic E-state index is 15.6. The molecule has 4 aliphatic heterocycles. The Morgan fingerprint density at radius 1 is 0.892 bits per heavy atom. The molecule has 2 saturated heterocycles. The number of ether oxygens (including phenoxy) is 5. The maximum atomic E-state index is 15.6. The first kappa shape index (κ1) is 53.3. The number of carbonyl (C=O) groups is 7. The molecule has 4 N–H and O–H groups in total. The zero-order valence-electron chi connectivity index (χ0n) is 41.1. The van der Waals surface area contributed by atoms with Gasteiger partial charge in [-0.25, -0.2) is 9.37 Å². The highest BCUT2D eigenvalue weighted by atomic mass is 19.3. The summed E-state index contributed by atoms with van der Waals surface area (Å²) in [5.74, 6) is -9.27. The summed E-state index contributed by atoms with van der Waals surface area (Å²) in [5, 5.41) is 10.6. The Bertz CT molecular complexity index is 2610. The number of aromatic nitrogens is 2. The summed E-state index contributed by atoms with van der Waals surface area (Å²) >= 11 is 0. The van der Waals surface area contributed by atoms with E-state index in [-0.39, 0.29) is 96.0 Å². The van der Waals surface area contributed by atoms with Crippen LogP contribution in [0.3, 0.4) is 0 Å². The summed E-state index contributed by atoms with van der Waals surface area (Å²) in [7, 11) is 2.62. The number of methoxy groups -OCH3 is 1. The number of alkyl halides is 2. The molecule has 2 aromatic carbocycles. The molecule has 0 spiro atoms. The highest BCUT2D eigenvalue weighted by molar-refractivity contribution is 6.24. The number of rotatable bonds is 22. The molecule has 1 unspecified atom stereocenters. The van der Waals surface area contributed by atoms with Gasteiger partial charge in [-0.2, -0.15) is 13.8 Å². The van der Waals surface area contributed by atoms with E-state index in [0.29, 0.717) is 71.7 Å². The van der Waals surface area contributed by atoms with Crippen molar-refractivity contribution in [2.24, 2.45) is 0 Å². The number of carbonyl (C=O) groups excluding carboxylic acids is 7. The molecule has 0 radical (unpaired) electrons. The van der Waals surface area contributed by atoms with Crippen molar-refractivity contribution in [2.45, 2.75) is 75.4 Å². The van der Waals surface area contributed by atoms with Crippen LogP contribution in [0.4, 0.5) is 36.3 Å². The number of likely N-dealkylation sites (tertiary alicyclic amines) is 1. The van der Waals surface area contributed by atoms with E-state index in [4.69, 9.17) is 23.7 Å². The third kappa shape index (κ3) is 12.3. The first-order valence-electron chi connectivity index (χ1n) is 24.6. The van der Waals surface area contributed by atoms with Crippen LogP contribution in [0.1, 0.15) is 82.4 Å². The summed E-state index contributed by atoms with van der Waals surface area (Å²) in [4.78, 5) is 103. The lowest BCUT2D eigenvalue weighted by Gasteiger charge is -2.32. The van der Waals surface area contributed by atoms with Crippen molar-refractivity contribution in [3.05, 3.63) is 59.0 Å². The third-order valence-electron chi connectivity index (χ3n) is 13.5.